The van der Waals surface area contributed by atoms with E-state index in [4.69, 9.17) is 9.47 Å². The minimum Gasteiger partial charge on any atom is -0.493 e. The number of nitrogens with zero attached hydrogens (tertiary/aromatic N) is 1. The van der Waals surface area contributed by atoms with Crippen molar-refractivity contribution in [1.29, 1.82) is 0 Å². The van der Waals surface area contributed by atoms with Gasteiger partial charge in [0.15, 0.2) is 11.5 Å². The fourth-order valence-corrected chi connectivity index (χ4v) is 2.90. The molecule has 0 bridgehead atoms. The number of ether oxygens (including phenoxy) is 2. The Morgan fingerprint density at radius 1 is 1.03 bits per heavy atom. The number of rotatable bonds is 6. The number of benzene rings is 2. The minimum atomic E-state index is -0.701. The van der Waals surface area contributed by atoms with E-state index in [9.17, 15) is 19.2 Å². The van der Waals surface area contributed by atoms with Crippen LogP contribution in [-0.2, 0) is 11.3 Å². The van der Waals surface area contributed by atoms with Crippen molar-refractivity contribution in [3.05, 3.63) is 68.7 Å². The number of methoxy groups -OCH3 is 1. The summed E-state index contributed by atoms with van der Waals surface area (Å²) in [6, 6.07) is 10.9. The van der Waals surface area contributed by atoms with Crippen molar-refractivity contribution in [2.75, 3.05) is 7.11 Å². The van der Waals surface area contributed by atoms with Gasteiger partial charge in [0, 0.05) is 5.56 Å². The van der Waals surface area contributed by atoms with Crippen molar-refractivity contribution in [2.45, 2.75) is 26.5 Å². The molecule has 0 saturated carbocycles. The summed E-state index contributed by atoms with van der Waals surface area (Å²) >= 11 is 0. The fourth-order valence-electron chi connectivity index (χ4n) is 2.90. The third-order valence-electron chi connectivity index (χ3n) is 4.29. The van der Waals surface area contributed by atoms with Crippen LogP contribution in [0.2, 0.25) is 0 Å². The Morgan fingerprint density at radius 3 is 2.42 bits per heavy atom. The van der Waals surface area contributed by atoms with E-state index in [0.29, 0.717) is 11.5 Å². The Labute approximate surface area is 176 Å². The highest BCUT2D eigenvalue weighted by Crippen LogP contribution is 2.28. The van der Waals surface area contributed by atoms with Crippen LogP contribution in [0.5, 0.6) is 11.5 Å². The molecule has 31 heavy (non-hydrogen) atoms. The maximum atomic E-state index is 12.5. The highest BCUT2D eigenvalue weighted by atomic mass is 16.5. The molecule has 2 aromatic carbocycles. The Kier molecular flexibility index (Phi) is 6.39. The van der Waals surface area contributed by atoms with Crippen LogP contribution < -0.4 is 31.4 Å². The van der Waals surface area contributed by atoms with Gasteiger partial charge in [-0.2, -0.15) is 0 Å². The molecule has 162 valence electrons. The highest BCUT2D eigenvalue weighted by molar-refractivity contribution is 5.96. The summed E-state index contributed by atoms with van der Waals surface area (Å²) in [5.74, 6) is -0.444. The molecule has 0 saturated heterocycles. The topological polar surface area (TPSA) is 132 Å². The predicted molar refractivity (Wildman–Crippen MR) is 113 cm³/mol. The van der Waals surface area contributed by atoms with Gasteiger partial charge in [0.05, 0.1) is 24.0 Å². The molecule has 3 rings (SSSR count). The summed E-state index contributed by atoms with van der Waals surface area (Å²) in [6.45, 7) is 3.25. The lowest BCUT2D eigenvalue weighted by Gasteiger charge is -2.14. The van der Waals surface area contributed by atoms with Gasteiger partial charge in [-0.05, 0) is 44.2 Å². The number of aromatic nitrogens is 2. The molecule has 0 unspecified atom stereocenters. The van der Waals surface area contributed by atoms with Crippen LogP contribution in [0.15, 0.2) is 52.1 Å². The average molecular weight is 426 g/mol. The van der Waals surface area contributed by atoms with Gasteiger partial charge in [0.1, 0.15) is 6.54 Å². The molecule has 0 spiro atoms. The van der Waals surface area contributed by atoms with E-state index in [1.807, 2.05) is 13.8 Å². The quantitative estimate of drug-likeness (QED) is 0.503. The number of aromatic amines is 1. The zero-order chi connectivity index (χ0) is 22.5. The van der Waals surface area contributed by atoms with Crippen molar-refractivity contribution in [1.82, 2.24) is 20.6 Å². The Morgan fingerprint density at radius 2 is 1.74 bits per heavy atom. The summed E-state index contributed by atoms with van der Waals surface area (Å²) < 4.78 is 11.7. The number of carbonyl (C=O) groups is 2. The van der Waals surface area contributed by atoms with E-state index >= 15 is 0 Å². The summed E-state index contributed by atoms with van der Waals surface area (Å²) in [7, 11) is 1.45. The molecule has 10 heteroatoms. The first kappa shape index (κ1) is 21.6. The molecule has 0 atom stereocenters. The lowest BCUT2D eigenvalue weighted by molar-refractivity contribution is -0.122. The second-order valence-electron chi connectivity index (χ2n) is 6.91. The number of nitrogens with one attached hydrogen (secondary N) is 3. The maximum absolute atomic E-state index is 12.5. The third-order valence-corrected chi connectivity index (χ3v) is 4.29. The molecule has 0 aliphatic carbocycles. The molecule has 2 amide bonds. The Bertz CT molecular complexity index is 1240. The normalized spacial score (nSPS) is 10.7. The van der Waals surface area contributed by atoms with E-state index in [1.165, 1.54) is 31.4 Å². The molecule has 3 aromatic rings. The number of H-pyrrole nitrogens is 1. The van der Waals surface area contributed by atoms with Crippen molar-refractivity contribution < 1.29 is 19.1 Å². The number of hydrazine groups is 1. The van der Waals surface area contributed by atoms with Gasteiger partial charge >= 0.3 is 0 Å². The van der Waals surface area contributed by atoms with Crippen LogP contribution in [-0.4, -0.2) is 34.8 Å². The molecule has 0 aliphatic rings. The molecule has 1 heterocycles. The smallest absolute Gasteiger partial charge is 0.273 e. The van der Waals surface area contributed by atoms with Crippen molar-refractivity contribution in [2.24, 2.45) is 0 Å². The van der Waals surface area contributed by atoms with E-state index in [0.717, 1.165) is 4.68 Å². The maximum Gasteiger partial charge on any atom is 0.273 e. The van der Waals surface area contributed by atoms with Gasteiger partial charge in [-0.25, -0.2) is 4.68 Å². The van der Waals surface area contributed by atoms with E-state index in [2.05, 4.69) is 16.0 Å². The number of hydrogen-bond donors (Lipinski definition) is 3. The fraction of sp³-hybridized carbons (Fsp3) is 0.238. The summed E-state index contributed by atoms with van der Waals surface area (Å²) in [4.78, 5) is 49.1. The molecule has 0 aliphatic heterocycles. The van der Waals surface area contributed by atoms with E-state index < -0.39 is 29.5 Å². The molecule has 1 aromatic heterocycles. The first-order valence-corrected chi connectivity index (χ1v) is 9.46. The zero-order valence-electron chi connectivity index (χ0n) is 17.2. The third kappa shape index (κ3) is 4.92. The second-order valence-corrected chi connectivity index (χ2v) is 6.91. The summed E-state index contributed by atoms with van der Waals surface area (Å²) in [6.07, 6.45) is -0.0715. The molecular formula is C21H22N4O6. The monoisotopic (exact) mass is 426 g/mol. The number of fused-ring (bicyclic) bond motifs is 1. The van der Waals surface area contributed by atoms with Gasteiger partial charge in [-0.1, -0.05) is 12.1 Å². The predicted octanol–water partition coefficient (Wildman–Crippen LogP) is 0.947. The highest BCUT2D eigenvalue weighted by Gasteiger charge is 2.14. The van der Waals surface area contributed by atoms with E-state index in [1.54, 1.807) is 18.2 Å². The largest absolute Gasteiger partial charge is 0.493 e. The number of amides is 2. The SMILES string of the molecule is COc1cc(C(=O)NNC(=O)Cn2[nH]c(=O)c3ccccc3c2=O)ccc1OC(C)C. The van der Waals surface area contributed by atoms with E-state index in [-0.39, 0.29) is 22.4 Å². The lowest BCUT2D eigenvalue weighted by Crippen LogP contribution is -2.45. The number of hydrogen-bond acceptors (Lipinski definition) is 6. The lowest BCUT2D eigenvalue weighted by atomic mass is 10.2. The van der Waals surface area contributed by atoms with Gasteiger partial charge in [-0.15, -0.1) is 0 Å². The second kappa shape index (κ2) is 9.16. The Hall–Kier alpha value is -4.08. The van der Waals surface area contributed by atoms with Gasteiger partial charge < -0.3 is 9.47 Å². The van der Waals surface area contributed by atoms with Crippen LogP contribution in [0, 0.1) is 0 Å². The first-order valence-electron chi connectivity index (χ1n) is 9.46. The van der Waals surface area contributed by atoms with Crippen molar-refractivity contribution in [3.63, 3.8) is 0 Å². The molecule has 3 N–H and O–H groups in total. The standard InChI is InChI=1S/C21H22N4O6/c1-12(2)31-16-9-8-13(10-17(16)30-3)19(27)23-22-18(26)11-25-21(29)15-7-5-4-6-14(15)20(28)24-25/h4-10,12H,11H2,1-3H3,(H,22,26)(H,23,27)(H,24,28). The molecule has 0 fully saturated rings. The minimum absolute atomic E-state index is 0.0715. The Balaban J connectivity index is 1.68. The van der Waals surface area contributed by atoms with Gasteiger partial charge in [-0.3, -0.25) is 35.1 Å². The zero-order valence-corrected chi connectivity index (χ0v) is 17.2. The summed E-state index contributed by atoms with van der Waals surface area (Å²) in [5.41, 5.74) is 3.68. The molecule has 0 radical (unpaired) electrons. The molecule has 10 nitrogen and oxygen atoms in total. The van der Waals surface area contributed by atoms with Gasteiger partial charge in [0.2, 0.25) is 0 Å². The van der Waals surface area contributed by atoms with Crippen molar-refractivity contribution >= 4 is 22.6 Å². The van der Waals surface area contributed by atoms with Crippen LogP contribution in [0.3, 0.4) is 0 Å². The van der Waals surface area contributed by atoms with Crippen LogP contribution in [0.1, 0.15) is 24.2 Å². The van der Waals surface area contributed by atoms with Crippen molar-refractivity contribution in [3.8, 4) is 11.5 Å². The van der Waals surface area contributed by atoms with Crippen LogP contribution in [0.25, 0.3) is 10.8 Å². The van der Waals surface area contributed by atoms with Gasteiger partial charge in [0.25, 0.3) is 22.9 Å². The number of carbonyl (C=O) groups excluding carboxylic acids is 2. The average Bonchev–Trinajstić information content (AvgIpc) is 2.75. The van der Waals surface area contributed by atoms with Crippen LogP contribution >= 0.6 is 0 Å². The molecular weight excluding hydrogens is 404 g/mol. The first-order chi connectivity index (χ1) is 14.8. The van der Waals surface area contributed by atoms with Crippen LogP contribution in [0.4, 0.5) is 0 Å². The summed E-state index contributed by atoms with van der Waals surface area (Å²) in [5, 5.41) is 2.78.